The Morgan fingerprint density at radius 2 is 1.80 bits per heavy atom. The van der Waals surface area contributed by atoms with Crippen molar-refractivity contribution in [2.24, 2.45) is 5.73 Å². The molecule has 1 radical (unpaired) electrons. The maximum absolute atomic E-state index is 9.22. The van der Waals surface area contributed by atoms with Crippen molar-refractivity contribution in [3.63, 3.8) is 0 Å². The van der Waals surface area contributed by atoms with E-state index in [9.17, 15) is 4.79 Å². The quantitative estimate of drug-likeness (QED) is 0.424. The van der Waals surface area contributed by atoms with Crippen LogP contribution in [-0.2, 0) is 21.9 Å². The van der Waals surface area contributed by atoms with Crippen molar-refractivity contribution in [2.75, 3.05) is 0 Å². The molecule has 0 atom stereocenters. The van der Waals surface area contributed by atoms with Crippen LogP contribution in [0.4, 0.5) is 0 Å². The van der Waals surface area contributed by atoms with E-state index in [2.05, 4.69) is 5.73 Å². The van der Waals surface area contributed by atoms with Crippen LogP contribution in [0.5, 0.6) is 0 Å². The van der Waals surface area contributed by atoms with Gasteiger partial charge in [0.15, 0.2) is 0 Å². The summed E-state index contributed by atoms with van der Waals surface area (Å²) < 4.78 is 0. The summed E-state index contributed by atoms with van der Waals surface area (Å²) in [6.45, 7) is 1.31. The summed E-state index contributed by atoms with van der Waals surface area (Å²) in [6, 6.07) is 0. The van der Waals surface area contributed by atoms with E-state index in [1.54, 1.807) is 0 Å². The van der Waals surface area contributed by atoms with Crippen molar-refractivity contribution in [3.8, 4) is 0 Å². The first-order chi connectivity index (χ1) is 1.73. The topological polar surface area (TPSA) is 43.1 Å². The fraction of sp³-hybridized carbons (Fsp3) is 0.500. The van der Waals surface area contributed by atoms with Gasteiger partial charge in [-0.15, -0.1) is 0 Å². The normalized spacial score (nSPS) is 5.00. The van der Waals surface area contributed by atoms with Gasteiger partial charge in [0.05, 0.1) is 0 Å². The average Bonchev–Trinajstić information content (AvgIpc) is 0.811. The molecule has 1 amide bonds. The molecule has 0 bridgehead atoms. The molecule has 2 N–H and O–H groups in total. The zero-order valence-corrected chi connectivity index (χ0v) is 3.94. The summed E-state index contributed by atoms with van der Waals surface area (Å²) in [5, 5.41) is 0. The number of carbonyl (C=O) groups is 1. The molecule has 0 aromatic heterocycles. The SMILES string of the molecule is CC(N)=O.[Fe+3]. The Bertz CT molecular complexity index is 32.6. The van der Waals surface area contributed by atoms with Crippen molar-refractivity contribution in [3.05, 3.63) is 0 Å². The summed E-state index contributed by atoms with van der Waals surface area (Å²) in [4.78, 5) is 9.22. The molecule has 0 aliphatic rings. The first-order valence-electron chi connectivity index (χ1n) is 0.993. The molecule has 0 spiro atoms. The van der Waals surface area contributed by atoms with E-state index in [-0.39, 0.29) is 23.0 Å². The third-order valence-electron chi connectivity index (χ3n) is 0. The minimum absolute atomic E-state index is 0. The van der Waals surface area contributed by atoms with Gasteiger partial charge in [-0.3, -0.25) is 4.79 Å². The predicted octanol–water partition coefficient (Wildman–Crippen LogP) is -0.511. The molecule has 0 aromatic carbocycles. The number of carbonyl (C=O) groups excluding carboxylic acids is 1. The summed E-state index contributed by atoms with van der Waals surface area (Å²) in [6.07, 6.45) is 0. The van der Waals surface area contributed by atoms with Crippen molar-refractivity contribution in [2.45, 2.75) is 6.92 Å². The molecule has 2 nitrogen and oxygen atoms in total. The van der Waals surface area contributed by atoms with Gasteiger partial charge in [0, 0.05) is 6.92 Å². The minimum atomic E-state index is -0.333. The van der Waals surface area contributed by atoms with Crippen LogP contribution in [0.1, 0.15) is 6.92 Å². The zero-order valence-electron chi connectivity index (χ0n) is 2.84. The Kier molecular flexibility index (Phi) is 7.09. The summed E-state index contributed by atoms with van der Waals surface area (Å²) in [5.74, 6) is -0.333. The van der Waals surface area contributed by atoms with Gasteiger partial charge in [-0.05, 0) is 0 Å². The molecule has 0 rings (SSSR count). The maximum atomic E-state index is 9.22. The van der Waals surface area contributed by atoms with Crippen LogP contribution < -0.4 is 5.73 Å². The van der Waals surface area contributed by atoms with E-state index in [4.69, 9.17) is 0 Å². The molecular weight excluding hydrogens is 110 g/mol. The third kappa shape index (κ3) is 143000. The van der Waals surface area contributed by atoms with Gasteiger partial charge in [0.1, 0.15) is 0 Å². The molecule has 0 unspecified atom stereocenters. The second kappa shape index (κ2) is 3.99. The molecular formula is C2H5FeNO+3. The van der Waals surface area contributed by atoms with Crippen LogP contribution in [0.25, 0.3) is 0 Å². The fourth-order valence-electron chi connectivity index (χ4n) is 0. The average molecular weight is 115 g/mol. The van der Waals surface area contributed by atoms with E-state index in [0.717, 1.165) is 0 Å². The van der Waals surface area contributed by atoms with E-state index < -0.39 is 0 Å². The first-order valence-corrected chi connectivity index (χ1v) is 0.993. The monoisotopic (exact) mass is 115 g/mol. The number of hydrogen-bond donors (Lipinski definition) is 1. The van der Waals surface area contributed by atoms with Gasteiger partial charge in [-0.2, -0.15) is 0 Å². The smallest absolute Gasteiger partial charge is 0.370 e. The number of nitrogens with two attached hydrogens (primary N) is 1. The first kappa shape index (κ1) is 8.89. The summed E-state index contributed by atoms with van der Waals surface area (Å²) in [7, 11) is 0. The van der Waals surface area contributed by atoms with Crippen LogP contribution in [0.15, 0.2) is 0 Å². The van der Waals surface area contributed by atoms with Gasteiger partial charge < -0.3 is 5.73 Å². The van der Waals surface area contributed by atoms with E-state index in [0.29, 0.717) is 0 Å². The number of rotatable bonds is 0. The maximum Gasteiger partial charge on any atom is 3.00 e. The van der Waals surface area contributed by atoms with E-state index in [1.165, 1.54) is 6.92 Å². The summed E-state index contributed by atoms with van der Waals surface area (Å²) >= 11 is 0. The van der Waals surface area contributed by atoms with Crippen molar-refractivity contribution in [1.29, 1.82) is 0 Å². The molecule has 0 aliphatic heterocycles. The van der Waals surface area contributed by atoms with Crippen LogP contribution in [0, 0.1) is 0 Å². The van der Waals surface area contributed by atoms with Gasteiger partial charge in [-0.1, -0.05) is 0 Å². The molecule has 29 valence electrons. The Morgan fingerprint density at radius 1 is 1.80 bits per heavy atom. The van der Waals surface area contributed by atoms with Crippen LogP contribution >= 0.6 is 0 Å². The van der Waals surface area contributed by atoms with Gasteiger partial charge in [0.2, 0.25) is 5.91 Å². The molecule has 0 aromatic rings. The standard InChI is InChI=1S/C2H5NO.Fe/c1-2(3)4;/h1H3,(H2,3,4);/q;+3. The van der Waals surface area contributed by atoms with Crippen molar-refractivity contribution >= 4 is 5.91 Å². The van der Waals surface area contributed by atoms with Crippen molar-refractivity contribution in [1.82, 2.24) is 0 Å². The molecule has 0 saturated carbocycles. The summed E-state index contributed by atoms with van der Waals surface area (Å²) in [5.41, 5.74) is 4.47. The number of hydrogen-bond acceptors (Lipinski definition) is 1. The van der Waals surface area contributed by atoms with Gasteiger partial charge >= 0.3 is 17.1 Å². The number of amides is 1. The molecule has 5 heavy (non-hydrogen) atoms. The minimum Gasteiger partial charge on any atom is -0.370 e. The Morgan fingerprint density at radius 3 is 1.80 bits per heavy atom. The molecule has 0 fully saturated rings. The number of primary amides is 1. The Labute approximate surface area is 41.2 Å². The largest absolute Gasteiger partial charge is 3.00 e. The Hall–Kier alpha value is -0.0105. The van der Waals surface area contributed by atoms with Crippen molar-refractivity contribution < 1.29 is 21.9 Å². The van der Waals surface area contributed by atoms with Crippen LogP contribution in [-0.4, -0.2) is 5.91 Å². The third-order valence-corrected chi connectivity index (χ3v) is 0. The molecule has 0 saturated heterocycles. The predicted molar refractivity (Wildman–Crippen MR) is 14.9 cm³/mol. The second-order valence-corrected chi connectivity index (χ2v) is 0.611. The van der Waals surface area contributed by atoms with E-state index >= 15 is 0 Å². The Balaban J connectivity index is 0. The second-order valence-electron chi connectivity index (χ2n) is 0.611. The fourth-order valence-corrected chi connectivity index (χ4v) is 0. The molecule has 3 heteroatoms. The zero-order chi connectivity index (χ0) is 3.58. The molecule has 0 heterocycles. The van der Waals surface area contributed by atoms with Gasteiger partial charge in [0.25, 0.3) is 0 Å². The van der Waals surface area contributed by atoms with E-state index in [1.807, 2.05) is 0 Å². The van der Waals surface area contributed by atoms with Crippen LogP contribution in [0.2, 0.25) is 0 Å². The van der Waals surface area contributed by atoms with Crippen LogP contribution in [0.3, 0.4) is 0 Å². The van der Waals surface area contributed by atoms with Gasteiger partial charge in [-0.25, -0.2) is 0 Å². The molecule has 0 aliphatic carbocycles.